The second-order valence-corrected chi connectivity index (χ2v) is 9.09. The molecule has 1 aliphatic heterocycles. The van der Waals surface area contributed by atoms with Gasteiger partial charge in [-0.05, 0) is 19.1 Å². The first kappa shape index (κ1) is 22.1. The number of thiazole rings is 1. The second kappa shape index (κ2) is 8.41. The van der Waals surface area contributed by atoms with Crippen LogP contribution in [0.15, 0.2) is 40.9 Å². The van der Waals surface area contributed by atoms with Gasteiger partial charge >= 0.3 is 6.18 Å². The van der Waals surface area contributed by atoms with E-state index in [-0.39, 0.29) is 6.54 Å². The molecule has 2 N–H and O–H groups in total. The van der Waals surface area contributed by atoms with Crippen molar-refractivity contribution in [3.05, 3.63) is 62.9 Å². The standard InChI is InChI=1S/C18H15ClF4N6S2/c1-9(15-25-13(8-30-15)18(21,22)23)16-27-29(17(24)31-16)14-5-6-28(26-14)7-10-11(19)3-2-4-12(10)20/h2-6,8-9,17H,7,24H2,1H3. The molecule has 2 atom stereocenters. The summed E-state index contributed by atoms with van der Waals surface area (Å²) < 4.78 is 54.0. The zero-order valence-corrected chi connectivity index (χ0v) is 18.2. The number of hydrazone groups is 1. The van der Waals surface area contributed by atoms with Crippen molar-refractivity contribution in [1.82, 2.24) is 14.8 Å². The van der Waals surface area contributed by atoms with Crippen LogP contribution in [-0.4, -0.2) is 25.3 Å². The molecule has 0 saturated carbocycles. The number of anilines is 1. The quantitative estimate of drug-likeness (QED) is 0.503. The van der Waals surface area contributed by atoms with Gasteiger partial charge in [-0.1, -0.05) is 29.4 Å². The number of aromatic nitrogens is 3. The van der Waals surface area contributed by atoms with Crippen LogP contribution in [0.4, 0.5) is 23.4 Å². The lowest BCUT2D eigenvalue weighted by molar-refractivity contribution is -0.140. The Morgan fingerprint density at radius 3 is 2.74 bits per heavy atom. The smallest absolute Gasteiger partial charge is 0.301 e. The van der Waals surface area contributed by atoms with Crippen LogP contribution in [0.2, 0.25) is 5.02 Å². The second-order valence-electron chi connectivity index (χ2n) is 6.65. The molecule has 0 amide bonds. The largest absolute Gasteiger partial charge is 0.434 e. The Labute approximate surface area is 187 Å². The predicted molar refractivity (Wildman–Crippen MR) is 114 cm³/mol. The summed E-state index contributed by atoms with van der Waals surface area (Å²) in [7, 11) is 0. The molecule has 0 aliphatic carbocycles. The molecule has 31 heavy (non-hydrogen) atoms. The highest BCUT2D eigenvalue weighted by Gasteiger charge is 2.36. The number of benzene rings is 1. The van der Waals surface area contributed by atoms with Crippen molar-refractivity contribution in [2.45, 2.75) is 31.1 Å². The van der Waals surface area contributed by atoms with E-state index in [0.717, 1.165) is 16.7 Å². The average molecular weight is 491 g/mol. The summed E-state index contributed by atoms with van der Waals surface area (Å²) in [6.45, 7) is 1.84. The van der Waals surface area contributed by atoms with E-state index in [4.69, 9.17) is 17.3 Å². The maximum absolute atomic E-state index is 14.0. The molecule has 2 aromatic heterocycles. The molecule has 0 radical (unpaired) electrons. The van der Waals surface area contributed by atoms with Gasteiger partial charge in [0.2, 0.25) is 0 Å². The highest BCUT2D eigenvalue weighted by molar-refractivity contribution is 8.14. The van der Waals surface area contributed by atoms with Crippen LogP contribution in [0.3, 0.4) is 0 Å². The maximum atomic E-state index is 14.0. The number of thioether (sulfide) groups is 1. The summed E-state index contributed by atoms with van der Waals surface area (Å²) in [5, 5.41) is 12.4. The zero-order valence-electron chi connectivity index (χ0n) is 15.8. The number of nitrogens with two attached hydrogens (primary N) is 1. The van der Waals surface area contributed by atoms with Crippen LogP contribution in [0, 0.1) is 5.82 Å². The number of hydrogen-bond acceptors (Lipinski definition) is 7. The number of halogens is 5. The van der Waals surface area contributed by atoms with Crippen molar-refractivity contribution in [3.8, 4) is 0 Å². The Bertz CT molecular complexity index is 1110. The molecule has 13 heteroatoms. The van der Waals surface area contributed by atoms with E-state index in [0.29, 0.717) is 26.5 Å². The van der Waals surface area contributed by atoms with Gasteiger partial charge in [-0.2, -0.15) is 23.4 Å². The van der Waals surface area contributed by atoms with Crippen LogP contribution in [0.25, 0.3) is 0 Å². The van der Waals surface area contributed by atoms with Crippen LogP contribution >= 0.6 is 34.7 Å². The fraction of sp³-hybridized carbons (Fsp3) is 0.278. The minimum Gasteiger partial charge on any atom is -0.301 e. The lowest BCUT2D eigenvalue weighted by Gasteiger charge is -2.15. The van der Waals surface area contributed by atoms with Gasteiger partial charge in [-0.3, -0.25) is 4.68 Å². The number of nitrogens with zero attached hydrogens (tertiary/aromatic N) is 5. The SMILES string of the molecule is CC(C1=NN(c2ccn(Cc3c(F)cccc3Cl)n2)C(N)S1)c1nc(C(F)(F)F)cs1. The molecule has 1 aliphatic rings. The van der Waals surface area contributed by atoms with E-state index in [1.165, 1.54) is 33.6 Å². The molecule has 0 saturated heterocycles. The Hall–Kier alpha value is -2.15. The first-order valence-corrected chi connectivity index (χ1v) is 11.1. The van der Waals surface area contributed by atoms with Gasteiger partial charge in [0.1, 0.15) is 15.9 Å². The van der Waals surface area contributed by atoms with Gasteiger partial charge in [0, 0.05) is 28.2 Å². The Kier molecular flexibility index (Phi) is 5.99. The molecule has 0 bridgehead atoms. The molecule has 3 heterocycles. The monoisotopic (exact) mass is 490 g/mol. The Balaban J connectivity index is 1.52. The molecular weight excluding hydrogens is 476 g/mol. The summed E-state index contributed by atoms with van der Waals surface area (Å²) in [6.07, 6.45) is -2.85. The summed E-state index contributed by atoms with van der Waals surface area (Å²) >= 11 is 8.21. The van der Waals surface area contributed by atoms with Crippen LogP contribution in [0.1, 0.15) is 29.1 Å². The lowest BCUT2D eigenvalue weighted by Crippen LogP contribution is -2.32. The molecular formula is C18H15ClF4N6S2. The topological polar surface area (TPSA) is 72.3 Å². The zero-order chi connectivity index (χ0) is 22.3. The average Bonchev–Trinajstić information content (AvgIpc) is 3.43. The van der Waals surface area contributed by atoms with Gasteiger partial charge < -0.3 is 5.73 Å². The molecule has 164 valence electrons. The fourth-order valence-corrected chi connectivity index (χ4v) is 5.00. The molecule has 1 aromatic carbocycles. The van der Waals surface area contributed by atoms with Crippen molar-refractivity contribution in [2.24, 2.45) is 10.8 Å². The minimum atomic E-state index is -4.49. The van der Waals surface area contributed by atoms with Crippen molar-refractivity contribution in [1.29, 1.82) is 0 Å². The van der Waals surface area contributed by atoms with Crippen LogP contribution in [-0.2, 0) is 12.7 Å². The van der Waals surface area contributed by atoms with E-state index in [1.807, 2.05) is 0 Å². The van der Waals surface area contributed by atoms with Crippen LogP contribution < -0.4 is 10.7 Å². The third-order valence-electron chi connectivity index (χ3n) is 4.49. The lowest BCUT2D eigenvalue weighted by atomic mass is 10.2. The number of alkyl halides is 3. The first-order chi connectivity index (χ1) is 14.6. The molecule has 2 unspecified atom stereocenters. The van der Waals surface area contributed by atoms with Crippen molar-refractivity contribution in [2.75, 3.05) is 5.01 Å². The molecule has 0 fully saturated rings. The summed E-state index contributed by atoms with van der Waals surface area (Å²) in [5.74, 6) is -0.472. The number of hydrogen-bond donors (Lipinski definition) is 1. The fourth-order valence-electron chi connectivity index (χ4n) is 2.86. The predicted octanol–water partition coefficient (Wildman–Crippen LogP) is 5.11. The van der Waals surface area contributed by atoms with E-state index in [1.54, 1.807) is 25.3 Å². The van der Waals surface area contributed by atoms with E-state index < -0.39 is 29.1 Å². The van der Waals surface area contributed by atoms with E-state index in [9.17, 15) is 17.6 Å². The van der Waals surface area contributed by atoms with Gasteiger partial charge in [-0.25, -0.2) is 14.4 Å². The van der Waals surface area contributed by atoms with Crippen molar-refractivity contribution >= 4 is 45.6 Å². The minimum absolute atomic E-state index is 0.119. The van der Waals surface area contributed by atoms with Crippen LogP contribution in [0.5, 0.6) is 0 Å². The normalized spacial score (nSPS) is 17.8. The molecule has 6 nitrogen and oxygen atoms in total. The summed E-state index contributed by atoms with van der Waals surface area (Å²) in [5.41, 5.74) is 4.92. The van der Waals surface area contributed by atoms with Gasteiger partial charge in [0.25, 0.3) is 0 Å². The van der Waals surface area contributed by atoms with Crippen molar-refractivity contribution < 1.29 is 17.6 Å². The third-order valence-corrected chi connectivity index (χ3v) is 6.98. The van der Waals surface area contributed by atoms with Crippen molar-refractivity contribution in [3.63, 3.8) is 0 Å². The van der Waals surface area contributed by atoms with Gasteiger partial charge in [0.15, 0.2) is 17.0 Å². The molecule has 3 aromatic rings. The van der Waals surface area contributed by atoms with E-state index >= 15 is 0 Å². The highest BCUT2D eigenvalue weighted by Crippen LogP contribution is 2.37. The maximum Gasteiger partial charge on any atom is 0.434 e. The Morgan fingerprint density at radius 2 is 2.06 bits per heavy atom. The van der Waals surface area contributed by atoms with E-state index in [2.05, 4.69) is 15.2 Å². The van der Waals surface area contributed by atoms with Gasteiger partial charge in [0.05, 0.1) is 12.5 Å². The number of rotatable bonds is 5. The highest BCUT2D eigenvalue weighted by atomic mass is 35.5. The molecule has 0 spiro atoms. The first-order valence-electron chi connectivity index (χ1n) is 8.92. The summed E-state index contributed by atoms with van der Waals surface area (Å²) in [6, 6.07) is 6.10. The van der Waals surface area contributed by atoms with Gasteiger partial charge in [-0.15, -0.1) is 11.3 Å². The summed E-state index contributed by atoms with van der Waals surface area (Å²) in [4.78, 5) is 3.69. The Morgan fingerprint density at radius 1 is 1.29 bits per heavy atom. The third kappa shape index (κ3) is 4.56. The molecule has 4 rings (SSSR count).